The highest BCUT2D eigenvalue weighted by molar-refractivity contribution is 6.33. The third kappa shape index (κ3) is 5.12. The number of aromatic nitrogens is 1. The Bertz CT molecular complexity index is 1350. The number of nitrogens with one attached hydrogen (secondary N) is 1. The van der Waals surface area contributed by atoms with Crippen LogP contribution in [0.1, 0.15) is 39.3 Å². The second-order valence-corrected chi connectivity index (χ2v) is 9.68. The van der Waals surface area contributed by atoms with Crippen LogP contribution in [0.2, 0.25) is 5.02 Å². The Labute approximate surface area is 224 Å². The van der Waals surface area contributed by atoms with Crippen LogP contribution in [0.25, 0.3) is 0 Å². The molecule has 2 saturated heterocycles. The Balaban J connectivity index is 1.37. The predicted molar refractivity (Wildman–Crippen MR) is 138 cm³/mol. The number of pyridine rings is 1. The highest BCUT2D eigenvalue weighted by atomic mass is 35.5. The molecule has 38 heavy (non-hydrogen) atoms. The Morgan fingerprint density at radius 3 is 2.50 bits per heavy atom. The molecule has 196 valence electrons. The smallest absolute Gasteiger partial charge is 0.256 e. The Hall–Kier alpha value is -3.82. The molecule has 2 fully saturated rings. The van der Waals surface area contributed by atoms with Gasteiger partial charge in [0.25, 0.3) is 11.8 Å². The van der Waals surface area contributed by atoms with Crippen LogP contribution in [0.15, 0.2) is 72.9 Å². The van der Waals surface area contributed by atoms with E-state index >= 15 is 0 Å². The van der Waals surface area contributed by atoms with Crippen molar-refractivity contribution in [2.24, 2.45) is 0 Å². The highest BCUT2D eigenvalue weighted by Crippen LogP contribution is 2.39. The molecular weight excluding hydrogens is 511 g/mol. The number of halogens is 2. The third-order valence-electron chi connectivity index (χ3n) is 6.96. The molecule has 0 radical (unpaired) electrons. The van der Waals surface area contributed by atoms with Crippen molar-refractivity contribution in [1.82, 2.24) is 20.1 Å². The molecule has 0 aliphatic carbocycles. The first-order chi connectivity index (χ1) is 18.4. The van der Waals surface area contributed by atoms with Gasteiger partial charge < -0.3 is 15.0 Å². The normalized spacial score (nSPS) is 18.4. The average molecular weight is 537 g/mol. The maximum atomic E-state index is 14.0. The molecule has 5 rings (SSSR count). The minimum atomic E-state index is -1.12. The number of hydrogen-bond acceptors (Lipinski definition) is 5. The number of amides is 3. The van der Waals surface area contributed by atoms with Crippen molar-refractivity contribution in [3.63, 3.8) is 0 Å². The van der Waals surface area contributed by atoms with Crippen LogP contribution in [0.5, 0.6) is 0 Å². The first kappa shape index (κ1) is 25.8. The number of likely N-dealkylation sites (tertiary alicyclic amines) is 1. The number of ether oxygens (including phenoxy) is 1. The van der Waals surface area contributed by atoms with Gasteiger partial charge in [-0.15, -0.1) is 0 Å². The molecule has 1 N–H and O–H groups in total. The summed E-state index contributed by atoms with van der Waals surface area (Å²) in [6.45, 7) is 0.747. The molecule has 10 heteroatoms. The number of benzene rings is 2. The number of nitrogens with zero attached hydrogens (tertiary/aromatic N) is 3. The summed E-state index contributed by atoms with van der Waals surface area (Å²) < 4.78 is 20.2. The van der Waals surface area contributed by atoms with Crippen molar-refractivity contribution in [2.75, 3.05) is 19.7 Å². The molecule has 2 aliphatic heterocycles. The van der Waals surface area contributed by atoms with Crippen molar-refractivity contribution in [3.8, 4) is 0 Å². The fourth-order valence-electron chi connectivity index (χ4n) is 4.99. The maximum absolute atomic E-state index is 14.0. The molecule has 2 aliphatic rings. The van der Waals surface area contributed by atoms with E-state index in [4.69, 9.17) is 16.3 Å². The Kier molecular flexibility index (Phi) is 7.40. The Morgan fingerprint density at radius 1 is 1.03 bits per heavy atom. The van der Waals surface area contributed by atoms with E-state index in [1.54, 1.807) is 47.5 Å². The summed E-state index contributed by atoms with van der Waals surface area (Å²) in [6.07, 6.45) is 2.20. The van der Waals surface area contributed by atoms with Crippen LogP contribution in [0, 0.1) is 5.82 Å². The van der Waals surface area contributed by atoms with Crippen LogP contribution in [0.4, 0.5) is 4.39 Å². The molecule has 1 spiro atoms. The van der Waals surface area contributed by atoms with E-state index in [0.29, 0.717) is 29.4 Å². The fraction of sp³-hybridized carbons (Fsp3) is 0.286. The third-order valence-corrected chi connectivity index (χ3v) is 7.29. The summed E-state index contributed by atoms with van der Waals surface area (Å²) in [5.74, 6) is -1.67. The number of carbonyl (C=O) groups is 3. The van der Waals surface area contributed by atoms with Crippen molar-refractivity contribution in [2.45, 2.75) is 31.2 Å². The molecule has 1 aromatic heterocycles. The number of piperidine rings is 1. The molecule has 3 amide bonds. The topological polar surface area (TPSA) is 91.8 Å². The van der Waals surface area contributed by atoms with Gasteiger partial charge in [-0.3, -0.25) is 24.3 Å². The molecule has 8 nitrogen and oxygen atoms in total. The summed E-state index contributed by atoms with van der Waals surface area (Å²) in [6, 6.07) is 16.6. The molecule has 1 atom stereocenters. The zero-order valence-electron chi connectivity index (χ0n) is 20.5. The lowest BCUT2D eigenvalue weighted by Gasteiger charge is -2.44. The molecule has 0 saturated carbocycles. The van der Waals surface area contributed by atoms with Crippen LogP contribution in [-0.2, 0) is 16.1 Å². The van der Waals surface area contributed by atoms with Crippen molar-refractivity contribution in [3.05, 3.63) is 101 Å². The van der Waals surface area contributed by atoms with E-state index < -0.39 is 29.4 Å². The lowest BCUT2D eigenvalue weighted by Crippen LogP contribution is -2.59. The predicted octanol–water partition coefficient (Wildman–Crippen LogP) is 3.66. The SMILES string of the molecule is O=C(NCc1ccccn1)C1COC2(CCN(C(=O)c3ccccc3Cl)CC2)N1C(=O)c1cccc(F)c1. The summed E-state index contributed by atoms with van der Waals surface area (Å²) in [7, 11) is 0. The molecule has 3 aromatic rings. The minimum absolute atomic E-state index is 0.0203. The number of carbonyl (C=O) groups excluding carboxylic acids is 3. The summed E-state index contributed by atoms with van der Waals surface area (Å²) in [5.41, 5.74) is 0.0704. The number of rotatable bonds is 5. The van der Waals surface area contributed by atoms with E-state index in [1.165, 1.54) is 23.1 Å². The van der Waals surface area contributed by atoms with Crippen LogP contribution in [-0.4, -0.2) is 64.0 Å². The largest absolute Gasteiger partial charge is 0.353 e. The quantitative estimate of drug-likeness (QED) is 0.537. The van der Waals surface area contributed by atoms with Gasteiger partial charge in [0.1, 0.15) is 17.6 Å². The summed E-state index contributed by atoms with van der Waals surface area (Å²) in [4.78, 5) is 47.4. The van der Waals surface area contributed by atoms with E-state index in [-0.39, 0.29) is 37.5 Å². The van der Waals surface area contributed by atoms with Gasteiger partial charge in [-0.25, -0.2) is 4.39 Å². The first-order valence-corrected chi connectivity index (χ1v) is 12.7. The molecule has 1 unspecified atom stereocenters. The van der Waals surface area contributed by atoms with Crippen LogP contribution >= 0.6 is 11.6 Å². The number of hydrogen-bond donors (Lipinski definition) is 1. The molecule has 3 heterocycles. The summed E-state index contributed by atoms with van der Waals surface area (Å²) in [5, 5.41) is 3.20. The molecular formula is C28H26ClFN4O4. The first-order valence-electron chi connectivity index (χ1n) is 12.3. The van der Waals surface area contributed by atoms with Gasteiger partial charge in [-0.1, -0.05) is 35.9 Å². The maximum Gasteiger partial charge on any atom is 0.256 e. The van der Waals surface area contributed by atoms with Gasteiger partial charge >= 0.3 is 0 Å². The van der Waals surface area contributed by atoms with Crippen LogP contribution < -0.4 is 5.32 Å². The highest BCUT2D eigenvalue weighted by Gasteiger charge is 2.54. The molecule has 0 bridgehead atoms. The van der Waals surface area contributed by atoms with Gasteiger partial charge in [0.2, 0.25) is 5.91 Å². The van der Waals surface area contributed by atoms with Crippen molar-refractivity contribution < 1.29 is 23.5 Å². The lowest BCUT2D eigenvalue weighted by molar-refractivity contribution is -0.128. The van der Waals surface area contributed by atoms with Gasteiger partial charge in [0.15, 0.2) is 0 Å². The van der Waals surface area contributed by atoms with Crippen molar-refractivity contribution >= 4 is 29.3 Å². The monoisotopic (exact) mass is 536 g/mol. The van der Waals surface area contributed by atoms with E-state index in [1.807, 2.05) is 6.07 Å². The second kappa shape index (κ2) is 10.9. The standard InChI is InChI=1S/C28H26ClFN4O4/c29-23-10-2-1-9-22(23)27(37)33-14-11-28(12-15-33)34(26(36)19-6-5-7-20(30)16-19)24(18-38-28)25(35)32-17-21-8-3-4-13-31-21/h1-10,13,16,24H,11-12,14-15,17-18H2,(H,32,35). The lowest BCUT2D eigenvalue weighted by atomic mass is 9.96. The fourth-order valence-corrected chi connectivity index (χ4v) is 5.21. The minimum Gasteiger partial charge on any atom is -0.353 e. The van der Waals surface area contributed by atoms with E-state index in [2.05, 4.69) is 10.3 Å². The van der Waals surface area contributed by atoms with E-state index in [9.17, 15) is 18.8 Å². The van der Waals surface area contributed by atoms with Gasteiger partial charge in [-0.05, 0) is 42.5 Å². The summed E-state index contributed by atoms with van der Waals surface area (Å²) >= 11 is 6.23. The van der Waals surface area contributed by atoms with Gasteiger partial charge in [0, 0.05) is 37.7 Å². The van der Waals surface area contributed by atoms with Gasteiger partial charge in [-0.2, -0.15) is 0 Å². The van der Waals surface area contributed by atoms with Crippen molar-refractivity contribution in [1.29, 1.82) is 0 Å². The van der Waals surface area contributed by atoms with Crippen LogP contribution in [0.3, 0.4) is 0 Å². The zero-order valence-corrected chi connectivity index (χ0v) is 21.2. The van der Waals surface area contributed by atoms with E-state index in [0.717, 1.165) is 6.07 Å². The van der Waals surface area contributed by atoms with Gasteiger partial charge in [0.05, 0.1) is 29.4 Å². The average Bonchev–Trinajstić information content (AvgIpc) is 3.30. The Morgan fingerprint density at radius 2 is 1.79 bits per heavy atom. The molecule has 2 aromatic carbocycles. The second-order valence-electron chi connectivity index (χ2n) is 9.27. The zero-order chi connectivity index (χ0) is 26.7.